The number of hydrogen-bond acceptors (Lipinski definition) is 3. The van der Waals surface area contributed by atoms with Gasteiger partial charge in [-0.2, -0.15) is 4.39 Å². The van der Waals surface area contributed by atoms with Crippen molar-refractivity contribution >= 4 is 5.69 Å². The van der Waals surface area contributed by atoms with Crippen LogP contribution in [0.3, 0.4) is 0 Å². The number of halogens is 1. The van der Waals surface area contributed by atoms with Crippen LogP contribution < -0.4 is 5.73 Å². The zero-order chi connectivity index (χ0) is 14.7. The SMILES string of the molecule is CCC(N)c1ccn(Cc2ccc([N+](=O)[O-])c(F)c2)c1. The molecule has 1 unspecified atom stereocenters. The minimum Gasteiger partial charge on any atom is -0.350 e. The van der Waals surface area contributed by atoms with Gasteiger partial charge in [0.15, 0.2) is 0 Å². The molecule has 0 saturated carbocycles. The van der Waals surface area contributed by atoms with Crippen molar-refractivity contribution in [2.24, 2.45) is 5.73 Å². The van der Waals surface area contributed by atoms with E-state index in [1.807, 2.05) is 30.0 Å². The molecule has 1 aromatic carbocycles. The van der Waals surface area contributed by atoms with Crippen LogP contribution in [0.5, 0.6) is 0 Å². The lowest BCUT2D eigenvalue weighted by molar-refractivity contribution is -0.387. The van der Waals surface area contributed by atoms with E-state index in [4.69, 9.17) is 5.73 Å². The third-order valence-electron chi connectivity index (χ3n) is 3.22. The third kappa shape index (κ3) is 3.03. The average molecular weight is 277 g/mol. The minimum absolute atomic E-state index is 0.00940. The van der Waals surface area contributed by atoms with E-state index < -0.39 is 16.4 Å². The molecule has 2 N–H and O–H groups in total. The van der Waals surface area contributed by atoms with E-state index in [0.717, 1.165) is 12.0 Å². The summed E-state index contributed by atoms with van der Waals surface area (Å²) in [6.45, 7) is 2.46. The van der Waals surface area contributed by atoms with Crippen LogP contribution >= 0.6 is 0 Å². The van der Waals surface area contributed by atoms with Crippen LogP contribution in [0, 0.1) is 15.9 Å². The van der Waals surface area contributed by atoms with Crippen LogP contribution in [0.1, 0.15) is 30.5 Å². The Hall–Kier alpha value is -2.21. The molecule has 0 spiro atoms. The van der Waals surface area contributed by atoms with Crippen molar-refractivity contribution < 1.29 is 9.31 Å². The molecular weight excluding hydrogens is 261 g/mol. The number of benzene rings is 1. The molecule has 106 valence electrons. The van der Waals surface area contributed by atoms with Gasteiger partial charge < -0.3 is 10.3 Å². The van der Waals surface area contributed by atoms with Crippen molar-refractivity contribution in [3.05, 3.63) is 63.7 Å². The fourth-order valence-corrected chi connectivity index (χ4v) is 2.02. The molecule has 0 amide bonds. The number of nitro groups is 1. The molecular formula is C14H16FN3O2. The van der Waals surface area contributed by atoms with Crippen molar-refractivity contribution in [1.29, 1.82) is 0 Å². The third-order valence-corrected chi connectivity index (χ3v) is 3.22. The summed E-state index contributed by atoms with van der Waals surface area (Å²) in [5, 5.41) is 10.5. The molecule has 6 heteroatoms. The monoisotopic (exact) mass is 277 g/mol. The van der Waals surface area contributed by atoms with Crippen molar-refractivity contribution in [2.45, 2.75) is 25.9 Å². The van der Waals surface area contributed by atoms with Gasteiger partial charge in [-0.1, -0.05) is 13.0 Å². The summed E-state index contributed by atoms with van der Waals surface area (Å²) in [5.74, 6) is -0.815. The van der Waals surface area contributed by atoms with Crippen molar-refractivity contribution in [3.8, 4) is 0 Å². The van der Waals surface area contributed by atoms with Gasteiger partial charge in [0, 0.05) is 31.0 Å². The molecule has 20 heavy (non-hydrogen) atoms. The van der Waals surface area contributed by atoms with Crippen LogP contribution in [0.15, 0.2) is 36.7 Å². The molecule has 0 fully saturated rings. The summed E-state index contributed by atoms with van der Waals surface area (Å²) in [7, 11) is 0. The second-order valence-electron chi connectivity index (χ2n) is 4.67. The summed E-state index contributed by atoms with van der Waals surface area (Å²) in [4.78, 5) is 9.82. The van der Waals surface area contributed by atoms with E-state index in [-0.39, 0.29) is 6.04 Å². The maximum atomic E-state index is 13.5. The van der Waals surface area contributed by atoms with Gasteiger partial charge in [-0.15, -0.1) is 0 Å². The molecule has 0 bridgehead atoms. The maximum absolute atomic E-state index is 13.5. The molecule has 1 heterocycles. The smallest absolute Gasteiger partial charge is 0.304 e. The number of nitrogens with zero attached hydrogens (tertiary/aromatic N) is 2. The van der Waals surface area contributed by atoms with E-state index in [1.54, 1.807) is 6.07 Å². The molecule has 0 saturated heterocycles. The first-order valence-corrected chi connectivity index (χ1v) is 6.35. The Morgan fingerprint density at radius 1 is 1.45 bits per heavy atom. The number of nitrogens with two attached hydrogens (primary N) is 1. The molecule has 1 aromatic heterocycles. The summed E-state index contributed by atoms with van der Waals surface area (Å²) < 4.78 is 15.4. The van der Waals surface area contributed by atoms with Crippen LogP contribution in [0.4, 0.5) is 10.1 Å². The highest BCUT2D eigenvalue weighted by atomic mass is 19.1. The average Bonchev–Trinajstić information content (AvgIpc) is 2.86. The first-order chi connectivity index (χ1) is 9.51. The lowest BCUT2D eigenvalue weighted by Gasteiger charge is -2.06. The fourth-order valence-electron chi connectivity index (χ4n) is 2.02. The Kier molecular flexibility index (Phi) is 4.14. The molecule has 0 aliphatic rings. The Morgan fingerprint density at radius 2 is 2.20 bits per heavy atom. The van der Waals surface area contributed by atoms with E-state index in [1.165, 1.54) is 12.1 Å². The highest BCUT2D eigenvalue weighted by Gasteiger charge is 2.14. The number of rotatable bonds is 5. The first kappa shape index (κ1) is 14.2. The maximum Gasteiger partial charge on any atom is 0.304 e. The van der Waals surface area contributed by atoms with Crippen molar-refractivity contribution in [3.63, 3.8) is 0 Å². The van der Waals surface area contributed by atoms with Gasteiger partial charge in [0.05, 0.1) is 4.92 Å². The van der Waals surface area contributed by atoms with Crippen LogP contribution in [-0.4, -0.2) is 9.49 Å². The number of aromatic nitrogens is 1. The topological polar surface area (TPSA) is 74.1 Å². The van der Waals surface area contributed by atoms with Gasteiger partial charge in [-0.3, -0.25) is 10.1 Å². The molecule has 5 nitrogen and oxygen atoms in total. The van der Waals surface area contributed by atoms with Crippen molar-refractivity contribution in [1.82, 2.24) is 4.57 Å². The zero-order valence-corrected chi connectivity index (χ0v) is 11.1. The predicted molar refractivity (Wildman–Crippen MR) is 73.8 cm³/mol. The van der Waals surface area contributed by atoms with E-state index >= 15 is 0 Å². The summed E-state index contributed by atoms with van der Waals surface area (Å²) in [5.41, 5.74) is 7.12. The minimum atomic E-state index is -0.815. The molecule has 0 radical (unpaired) electrons. The Bertz CT molecular complexity index is 625. The summed E-state index contributed by atoms with van der Waals surface area (Å²) in [6, 6.07) is 5.85. The number of nitro benzene ring substituents is 1. The van der Waals surface area contributed by atoms with Gasteiger partial charge in [-0.25, -0.2) is 0 Å². The Morgan fingerprint density at radius 3 is 2.80 bits per heavy atom. The van der Waals surface area contributed by atoms with Gasteiger partial charge in [0.25, 0.3) is 0 Å². The predicted octanol–water partition coefficient (Wildman–Crippen LogP) is 2.99. The highest BCUT2D eigenvalue weighted by molar-refractivity contribution is 5.35. The summed E-state index contributed by atoms with van der Waals surface area (Å²) in [6.07, 6.45) is 4.62. The van der Waals surface area contributed by atoms with Crippen LogP contribution in [-0.2, 0) is 6.54 Å². The normalized spacial score (nSPS) is 12.3. The quantitative estimate of drug-likeness (QED) is 0.674. The number of hydrogen-bond donors (Lipinski definition) is 1. The van der Waals surface area contributed by atoms with Gasteiger partial charge in [-0.05, 0) is 29.7 Å². The van der Waals surface area contributed by atoms with Gasteiger partial charge in [0.1, 0.15) is 0 Å². The van der Waals surface area contributed by atoms with Gasteiger partial charge in [0.2, 0.25) is 5.82 Å². The first-order valence-electron chi connectivity index (χ1n) is 6.35. The fraction of sp³-hybridized carbons (Fsp3) is 0.286. The lowest BCUT2D eigenvalue weighted by atomic mass is 10.1. The molecule has 2 rings (SSSR count). The molecule has 0 aliphatic carbocycles. The van der Waals surface area contributed by atoms with Crippen LogP contribution in [0.25, 0.3) is 0 Å². The molecule has 2 aromatic rings. The van der Waals surface area contributed by atoms with Crippen LogP contribution in [0.2, 0.25) is 0 Å². The van der Waals surface area contributed by atoms with E-state index in [2.05, 4.69) is 0 Å². The largest absolute Gasteiger partial charge is 0.350 e. The van der Waals surface area contributed by atoms with E-state index in [0.29, 0.717) is 12.1 Å². The highest BCUT2D eigenvalue weighted by Crippen LogP contribution is 2.19. The Balaban J connectivity index is 2.16. The standard InChI is InChI=1S/C14H16FN3O2/c1-2-13(16)11-5-6-17(9-11)8-10-3-4-14(18(19)20)12(15)7-10/h3-7,9,13H,2,8,16H2,1H3. The van der Waals surface area contributed by atoms with E-state index in [9.17, 15) is 14.5 Å². The lowest BCUT2D eigenvalue weighted by Crippen LogP contribution is -2.07. The van der Waals surface area contributed by atoms with Gasteiger partial charge >= 0.3 is 5.69 Å². The molecule has 0 aliphatic heterocycles. The summed E-state index contributed by atoms with van der Waals surface area (Å²) >= 11 is 0. The van der Waals surface area contributed by atoms with Crippen molar-refractivity contribution in [2.75, 3.05) is 0 Å². The molecule has 1 atom stereocenters. The second kappa shape index (κ2) is 5.83. The zero-order valence-electron chi connectivity index (χ0n) is 11.1. The second-order valence-corrected chi connectivity index (χ2v) is 4.67. The Labute approximate surface area is 116 Å².